The van der Waals surface area contributed by atoms with Gasteiger partial charge in [-0.3, -0.25) is 10.4 Å². The summed E-state index contributed by atoms with van der Waals surface area (Å²) in [5, 5.41) is 7.53. The lowest BCUT2D eigenvalue weighted by atomic mass is 10.2. The minimum absolute atomic E-state index is 0.0872. The Morgan fingerprint density at radius 3 is 2.94 bits per heavy atom. The number of pyridine rings is 1. The van der Waals surface area contributed by atoms with Crippen LogP contribution >= 0.6 is 11.8 Å². The van der Waals surface area contributed by atoms with Crippen molar-refractivity contribution in [3.05, 3.63) is 59.4 Å². The molecule has 18 heavy (non-hydrogen) atoms. The average Bonchev–Trinajstić information content (AvgIpc) is 2.37. The molecule has 0 atom stereocenters. The van der Waals surface area contributed by atoms with Crippen molar-refractivity contribution in [1.82, 2.24) is 4.98 Å². The average molecular weight is 257 g/mol. The predicted molar refractivity (Wildman–Crippen MR) is 76.0 cm³/mol. The van der Waals surface area contributed by atoms with E-state index in [-0.39, 0.29) is 5.84 Å². The van der Waals surface area contributed by atoms with Crippen LogP contribution in [0.15, 0.2) is 47.6 Å². The third kappa shape index (κ3) is 3.11. The fourth-order valence-electron chi connectivity index (χ4n) is 1.68. The highest BCUT2D eigenvalue weighted by atomic mass is 32.2. The van der Waals surface area contributed by atoms with Crippen LogP contribution in [-0.4, -0.2) is 10.8 Å². The van der Waals surface area contributed by atoms with Crippen molar-refractivity contribution in [1.29, 1.82) is 5.41 Å². The summed E-state index contributed by atoms with van der Waals surface area (Å²) in [6.07, 6.45) is 3.42. The summed E-state index contributed by atoms with van der Waals surface area (Å²) in [5.41, 5.74) is 8.82. The van der Waals surface area contributed by atoms with Gasteiger partial charge in [-0.1, -0.05) is 29.8 Å². The Bertz CT molecular complexity index is 566. The van der Waals surface area contributed by atoms with E-state index in [2.05, 4.69) is 36.2 Å². The van der Waals surface area contributed by atoms with Crippen molar-refractivity contribution < 1.29 is 0 Å². The lowest BCUT2D eigenvalue weighted by Gasteiger charge is -2.07. The summed E-state index contributed by atoms with van der Waals surface area (Å²) in [7, 11) is 0. The Hall–Kier alpha value is -1.81. The maximum Gasteiger partial charge on any atom is 0.124 e. The Kier molecular flexibility index (Phi) is 3.99. The molecule has 1 aromatic carbocycles. The quantitative estimate of drug-likeness (QED) is 0.503. The van der Waals surface area contributed by atoms with E-state index < -0.39 is 0 Å². The number of thioether (sulfide) groups is 1. The number of hydrogen-bond donors (Lipinski definition) is 2. The monoisotopic (exact) mass is 257 g/mol. The molecule has 0 saturated carbocycles. The van der Waals surface area contributed by atoms with Crippen molar-refractivity contribution in [2.75, 3.05) is 0 Å². The highest BCUT2D eigenvalue weighted by Crippen LogP contribution is 2.25. The molecule has 92 valence electrons. The van der Waals surface area contributed by atoms with Gasteiger partial charge in [0.15, 0.2) is 0 Å². The lowest BCUT2D eigenvalue weighted by Crippen LogP contribution is -2.12. The van der Waals surface area contributed by atoms with E-state index in [0.29, 0.717) is 0 Å². The van der Waals surface area contributed by atoms with Crippen LogP contribution in [0.3, 0.4) is 0 Å². The molecule has 0 aliphatic heterocycles. The van der Waals surface area contributed by atoms with Gasteiger partial charge in [0.1, 0.15) is 5.84 Å². The number of nitrogens with zero attached hydrogens (tertiary/aromatic N) is 1. The fraction of sp³-hybridized carbons (Fsp3) is 0.143. The topological polar surface area (TPSA) is 62.8 Å². The van der Waals surface area contributed by atoms with Crippen LogP contribution in [0.25, 0.3) is 0 Å². The highest BCUT2D eigenvalue weighted by Gasteiger charge is 2.06. The third-order valence-corrected chi connectivity index (χ3v) is 3.67. The van der Waals surface area contributed by atoms with Gasteiger partial charge in [-0.25, -0.2) is 0 Å². The molecule has 0 bridgehead atoms. The fourth-order valence-corrected chi connectivity index (χ4v) is 2.65. The van der Waals surface area contributed by atoms with Gasteiger partial charge in [0.2, 0.25) is 0 Å². The summed E-state index contributed by atoms with van der Waals surface area (Å²) in [5.74, 6) is 0.942. The maximum atomic E-state index is 7.53. The van der Waals surface area contributed by atoms with Crippen LogP contribution in [0.4, 0.5) is 0 Å². The van der Waals surface area contributed by atoms with E-state index in [1.165, 1.54) is 11.1 Å². The molecule has 2 aromatic rings. The van der Waals surface area contributed by atoms with E-state index in [1.54, 1.807) is 30.2 Å². The lowest BCUT2D eigenvalue weighted by molar-refractivity contribution is 1.20. The van der Waals surface area contributed by atoms with E-state index >= 15 is 0 Å². The summed E-state index contributed by atoms with van der Waals surface area (Å²) in [6.45, 7) is 2.08. The first-order valence-corrected chi connectivity index (χ1v) is 6.62. The number of nitrogens with one attached hydrogen (secondary N) is 1. The standard InChI is InChI=1S/C14H15N3S/c1-10-3-2-4-11(7-10)9-18-13-8-17-6-5-12(13)14(15)16/h2-8H,9H2,1H3,(H3,15,16). The predicted octanol–water partition coefficient (Wildman–Crippen LogP) is 2.97. The first-order chi connectivity index (χ1) is 8.66. The van der Waals surface area contributed by atoms with Gasteiger partial charge >= 0.3 is 0 Å². The third-order valence-electron chi connectivity index (χ3n) is 2.55. The second-order valence-corrected chi connectivity index (χ2v) is 5.08. The number of aryl methyl sites for hydroxylation is 1. The molecular formula is C14H15N3S. The molecule has 0 saturated heterocycles. The summed E-state index contributed by atoms with van der Waals surface area (Å²) < 4.78 is 0. The van der Waals surface area contributed by atoms with Gasteiger partial charge in [-0.2, -0.15) is 0 Å². The smallest absolute Gasteiger partial charge is 0.124 e. The largest absolute Gasteiger partial charge is 0.384 e. The minimum atomic E-state index is 0.0872. The van der Waals surface area contributed by atoms with Gasteiger partial charge in [-0.05, 0) is 18.6 Å². The molecule has 4 heteroatoms. The Balaban J connectivity index is 2.13. The zero-order valence-electron chi connectivity index (χ0n) is 10.2. The Morgan fingerprint density at radius 2 is 2.22 bits per heavy atom. The first-order valence-electron chi connectivity index (χ1n) is 5.63. The van der Waals surface area contributed by atoms with Crippen LogP contribution in [0, 0.1) is 12.3 Å². The Morgan fingerprint density at radius 1 is 1.39 bits per heavy atom. The summed E-state index contributed by atoms with van der Waals surface area (Å²) >= 11 is 1.65. The van der Waals surface area contributed by atoms with Crippen molar-refractivity contribution in [2.24, 2.45) is 5.73 Å². The number of nitrogens with two attached hydrogens (primary N) is 1. The van der Waals surface area contributed by atoms with Crippen molar-refractivity contribution in [3.63, 3.8) is 0 Å². The van der Waals surface area contributed by atoms with Crippen LogP contribution in [0.2, 0.25) is 0 Å². The zero-order valence-corrected chi connectivity index (χ0v) is 11.0. The van der Waals surface area contributed by atoms with Gasteiger partial charge in [0.05, 0.1) is 0 Å². The van der Waals surface area contributed by atoms with Crippen molar-refractivity contribution in [2.45, 2.75) is 17.6 Å². The molecule has 0 fully saturated rings. The summed E-state index contributed by atoms with van der Waals surface area (Å²) in [4.78, 5) is 5.03. The number of rotatable bonds is 4. The van der Waals surface area contributed by atoms with Gasteiger partial charge in [0.25, 0.3) is 0 Å². The van der Waals surface area contributed by atoms with E-state index in [9.17, 15) is 0 Å². The second-order valence-electron chi connectivity index (χ2n) is 4.06. The molecule has 1 heterocycles. The molecule has 0 amide bonds. The van der Waals surface area contributed by atoms with Gasteiger partial charge in [0, 0.05) is 28.6 Å². The molecule has 0 unspecified atom stereocenters. The molecule has 1 aromatic heterocycles. The molecule has 0 spiro atoms. The Labute approximate surface area is 111 Å². The maximum absolute atomic E-state index is 7.53. The molecule has 3 nitrogen and oxygen atoms in total. The number of aromatic nitrogens is 1. The molecule has 2 rings (SSSR count). The highest BCUT2D eigenvalue weighted by molar-refractivity contribution is 7.98. The van der Waals surface area contributed by atoms with Crippen molar-refractivity contribution in [3.8, 4) is 0 Å². The molecular weight excluding hydrogens is 242 g/mol. The number of benzene rings is 1. The summed E-state index contributed by atoms with van der Waals surface area (Å²) in [6, 6.07) is 10.2. The van der Waals surface area contributed by atoms with E-state index in [1.807, 2.05) is 0 Å². The van der Waals surface area contributed by atoms with E-state index in [0.717, 1.165) is 16.2 Å². The van der Waals surface area contributed by atoms with Gasteiger partial charge < -0.3 is 5.73 Å². The zero-order chi connectivity index (χ0) is 13.0. The molecule has 0 aliphatic carbocycles. The first kappa shape index (κ1) is 12.6. The number of amidine groups is 1. The molecule has 0 aliphatic rings. The van der Waals surface area contributed by atoms with Crippen LogP contribution in [0.1, 0.15) is 16.7 Å². The molecule has 3 N–H and O–H groups in total. The van der Waals surface area contributed by atoms with Crippen LogP contribution < -0.4 is 5.73 Å². The second kappa shape index (κ2) is 5.69. The van der Waals surface area contributed by atoms with Gasteiger partial charge in [-0.15, -0.1) is 11.8 Å². The van der Waals surface area contributed by atoms with Crippen LogP contribution in [-0.2, 0) is 5.75 Å². The normalized spacial score (nSPS) is 10.3. The number of nitrogen functional groups attached to an aromatic ring is 1. The minimum Gasteiger partial charge on any atom is -0.384 e. The number of hydrogen-bond acceptors (Lipinski definition) is 3. The van der Waals surface area contributed by atoms with E-state index in [4.69, 9.17) is 11.1 Å². The SMILES string of the molecule is Cc1cccc(CSc2cnccc2C(=N)N)c1. The van der Waals surface area contributed by atoms with Crippen LogP contribution in [0.5, 0.6) is 0 Å². The van der Waals surface area contributed by atoms with Crippen molar-refractivity contribution >= 4 is 17.6 Å². The molecule has 0 radical (unpaired) electrons.